The predicted molar refractivity (Wildman–Crippen MR) is 63.9 cm³/mol. The van der Waals surface area contributed by atoms with E-state index in [-0.39, 0.29) is 0 Å². The van der Waals surface area contributed by atoms with E-state index in [1.54, 1.807) is 10.9 Å². The minimum absolute atomic E-state index is 0.603. The van der Waals surface area contributed by atoms with Gasteiger partial charge < -0.3 is 11.1 Å². The molecule has 0 fully saturated rings. The second-order valence-electron chi connectivity index (χ2n) is 3.69. The maximum absolute atomic E-state index is 5.80. The lowest BCUT2D eigenvalue weighted by Gasteiger charge is -2.07. The van der Waals surface area contributed by atoms with Crippen molar-refractivity contribution in [3.8, 4) is 0 Å². The number of pyridine rings is 1. The molecular weight excluding hydrogens is 202 g/mol. The van der Waals surface area contributed by atoms with Crippen molar-refractivity contribution in [2.75, 3.05) is 11.1 Å². The minimum atomic E-state index is 0.603. The number of anilines is 2. The van der Waals surface area contributed by atoms with Gasteiger partial charge in [0.1, 0.15) is 5.82 Å². The Balaban J connectivity index is 2.08. The van der Waals surface area contributed by atoms with Crippen molar-refractivity contribution < 1.29 is 0 Å². The smallest absolute Gasteiger partial charge is 0.124 e. The Hall–Kier alpha value is -2.04. The third kappa shape index (κ3) is 2.13. The van der Waals surface area contributed by atoms with E-state index in [1.165, 1.54) is 0 Å². The Morgan fingerprint density at radius 2 is 2.31 bits per heavy atom. The van der Waals surface area contributed by atoms with E-state index in [0.717, 1.165) is 17.2 Å². The molecule has 2 rings (SSSR count). The zero-order chi connectivity index (χ0) is 11.5. The third-order valence-electron chi connectivity index (χ3n) is 2.36. The van der Waals surface area contributed by atoms with Crippen LogP contribution >= 0.6 is 0 Å². The number of hydrogen-bond donors (Lipinski definition) is 2. The van der Waals surface area contributed by atoms with E-state index in [9.17, 15) is 0 Å². The monoisotopic (exact) mass is 217 g/mol. The molecule has 0 saturated heterocycles. The van der Waals surface area contributed by atoms with Crippen LogP contribution < -0.4 is 11.1 Å². The molecule has 2 aromatic rings. The van der Waals surface area contributed by atoms with Crippen LogP contribution in [0.25, 0.3) is 0 Å². The van der Waals surface area contributed by atoms with E-state index in [2.05, 4.69) is 15.4 Å². The molecule has 2 heterocycles. The van der Waals surface area contributed by atoms with Gasteiger partial charge in [-0.05, 0) is 19.1 Å². The number of nitrogen functional groups attached to an aromatic ring is 1. The summed E-state index contributed by atoms with van der Waals surface area (Å²) in [6, 6.07) is 5.66. The maximum atomic E-state index is 5.80. The highest BCUT2D eigenvalue weighted by Gasteiger charge is 2.03. The van der Waals surface area contributed by atoms with Crippen LogP contribution in [-0.4, -0.2) is 14.8 Å². The van der Waals surface area contributed by atoms with E-state index in [4.69, 9.17) is 5.73 Å². The molecule has 0 aliphatic rings. The van der Waals surface area contributed by atoms with Crippen LogP contribution in [0.3, 0.4) is 0 Å². The first-order valence-electron chi connectivity index (χ1n) is 5.10. The summed E-state index contributed by atoms with van der Waals surface area (Å²) in [7, 11) is 1.90. The highest BCUT2D eigenvalue weighted by Crippen LogP contribution is 2.12. The number of aryl methyl sites for hydroxylation is 2. The van der Waals surface area contributed by atoms with Gasteiger partial charge >= 0.3 is 0 Å². The van der Waals surface area contributed by atoms with Gasteiger partial charge in [-0.2, -0.15) is 5.10 Å². The normalized spacial score (nSPS) is 10.4. The molecule has 84 valence electrons. The first-order valence-corrected chi connectivity index (χ1v) is 5.10. The maximum Gasteiger partial charge on any atom is 0.124 e. The molecule has 5 heteroatoms. The average molecular weight is 217 g/mol. The Morgan fingerprint density at radius 1 is 1.50 bits per heavy atom. The van der Waals surface area contributed by atoms with Gasteiger partial charge in [0.25, 0.3) is 0 Å². The van der Waals surface area contributed by atoms with Crippen LogP contribution in [0, 0.1) is 6.92 Å². The Kier molecular flexibility index (Phi) is 2.76. The van der Waals surface area contributed by atoms with Crippen LogP contribution in [-0.2, 0) is 13.6 Å². The van der Waals surface area contributed by atoms with Gasteiger partial charge in [-0.1, -0.05) is 0 Å². The number of nitrogens with zero attached hydrogens (tertiary/aromatic N) is 3. The number of hydrogen-bond acceptors (Lipinski definition) is 4. The highest BCUT2D eigenvalue weighted by molar-refractivity contribution is 5.45. The summed E-state index contributed by atoms with van der Waals surface area (Å²) >= 11 is 0. The van der Waals surface area contributed by atoms with Crippen molar-refractivity contribution in [2.24, 2.45) is 7.05 Å². The van der Waals surface area contributed by atoms with Crippen molar-refractivity contribution >= 4 is 11.5 Å². The van der Waals surface area contributed by atoms with Crippen molar-refractivity contribution in [2.45, 2.75) is 13.5 Å². The molecule has 0 radical (unpaired) electrons. The summed E-state index contributed by atoms with van der Waals surface area (Å²) in [5.41, 5.74) is 8.34. The fraction of sp³-hybridized carbons (Fsp3) is 0.273. The fourth-order valence-electron chi connectivity index (χ4n) is 1.55. The highest BCUT2D eigenvalue weighted by atomic mass is 15.3. The zero-order valence-electron chi connectivity index (χ0n) is 9.44. The van der Waals surface area contributed by atoms with Crippen molar-refractivity contribution in [1.82, 2.24) is 14.8 Å². The van der Waals surface area contributed by atoms with Crippen molar-refractivity contribution in [1.29, 1.82) is 0 Å². The summed E-state index contributed by atoms with van der Waals surface area (Å²) in [5.74, 6) is 0.961. The molecule has 0 aliphatic carbocycles. The molecule has 0 saturated carbocycles. The summed E-state index contributed by atoms with van der Waals surface area (Å²) in [5, 5.41) is 7.50. The quantitative estimate of drug-likeness (QED) is 0.813. The average Bonchev–Trinajstić information content (AvgIpc) is 2.56. The number of nitrogens with one attached hydrogen (secondary N) is 1. The van der Waals surface area contributed by atoms with Crippen LogP contribution in [0.1, 0.15) is 11.4 Å². The molecule has 3 N–H and O–H groups in total. The zero-order valence-corrected chi connectivity index (χ0v) is 9.44. The Labute approximate surface area is 94.3 Å². The van der Waals surface area contributed by atoms with Gasteiger partial charge in [-0.25, -0.2) is 0 Å². The predicted octanol–water partition coefficient (Wildman–Crippen LogP) is 1.32. The molecule has 2 aromatic heterocycles. The van der Waals surface area contributed by atoms with E-state index in [0.29, 0.717) is 12.2 Å². The number of rotatable bonds is 3. The molecule has 5 nitrogen and oxygen atoms in total. The molecule has 0 unspecified atom stereocenters. The van der Waals surface area contributed by atoms with Crippen LogP contribution in [0.5, 0.6) is 0 Å². The molecule has 0 spiro atoms. The summed E-state index contributed by atoms with van der Waals surface area (Å²) < 4.78 is 1.80. The van der Waals surface area contributed by atoms with Crippen molar-refractivity contribution in [3.05, 3.63) is 35.8 Å². The fourth-order valence-corrected chi connectivity index (χ4v) is 1.55. The summed E-state index contributed by atoms with van der Waals surface area (Å²) in [6.45, 7) is 2.56. The molecule has 0 atom stereocenters. The van der Waals surface area contributed by atoms with Gasteiger partial charge in [0.2, 0.25) is 0 Å². The SMILES string of the molecule is Cc1cc(NCc2ncccc2N)n(C)n1. The van der Waals surface area contributed by atoms with Crippen molar-refractivity contribution in [3.63, 3.8) is 0 Å². The largest absolute Gasteiger partial charge is 0.397 e. The molecular formula is C11H15N5. The number of nitrogens with two attached hydrogens (primary N) is 1. The standard InChI is InChI=1S/C11H15N5/c1-8-6-11(16(2)15-8)14-7-10-9(12)4-3-5-13-10/h3-6,14H,7,12H2,1-2H3. The lowest BCUT2D eigenvalue weighted by molar-refractivity contribution is 0.757. The molecule has 0 aromatic carbocycles. The molecule has 16 heavy (non-hydrogen) atoms. The topological polar surface area (TPSA) is 68.8 Å². The molecule has 0 amide bonds. The summed E-state index contributed by atoms with van der Waals surface area (Å²) in [6.07, 6.45) is 1.74. The second-order valence-corrected chi connectivity index (χ2v) is 3.69. The lowest BCUT2D eigenvalue weighted by Crippen LogP contribution is -2.07. The second kappa shape index (κ2) is 4.22. The lowest BCUT2D eigenvalue weighted by atomic mass is 10.3. The first-order chi connectivity index (χ1) is 7.66. The summed E-state index contributed by atoms with van der Waals surface area (Å²) in [4.78, 5) is 4.21. The third-order valence-corrected chi connectivity index (χ3v) is 2.36. The van der Waals surface area contributed by atoms with E-state index in [1.807, 2.05) is 32.2 Å². The van der Waals surface area contributed by atoms with Crippen LogP contribution in [0.2, 0.25) is 0 Å². The van der Waals surface area contributed by atoms with Gasteiger partial charge in [0.05, 0.1) is 23.6 Å². The van der Waals surface area contributed by atoms with E-state index < -0.39 is 0 Å². The Morgan fingerprint density at radius 3 is 2.94 bits per heavy atom. The first kappa shape index (κ1) is 10.5. The minimum Gasteiger partial charge on any atom is -0.397 e. The molecule has 0 aliphatic heterocycles. The van der Waals surface area contributed by atoms with Gasteiger partial charge in [0, 0.05) is 19.3 Å². The van der Waals surface area contributed by atoms with Gasteiger partial charge in [-0.3, -0.25) is 9.67 Å². The van der Waals surface area contributed by atoms with Gasteiger partial charge in [-0.15, -0.1) is 0 Å². The Bertz CT molecular complexity index is 489. The molecule has 0 bridgehead atoms. The number of aromatic nitrogens is 3. The van der Waals surface area contributed by atoms with Crippen LogP contribution in [0.15, 0.2) is 24.4 Å². The van der Waals surface area contributed by atoms with Gasteiger partial charge in [0.15, 0.2) is 0 Å². The van der Waals surface area contributed by atoms with Crippen LogP contribution in [0.4, 0.5) is 11.5 Å². The van der Waals surface area contributed by atoms with E-state index >= 15 is 0 Å².